The average molecular weight is 282 g/mol. The Labute approximate surface area is 125 Å². The van der Waals surface area contributed by atoms with Gasteiger partial charge in [0.25, 0.3) is 0 Å². The van der Waals surface area contributed by atoms with Crippen molar-refractivity contribution in [2.24, 2.45) is 0 Å². The third-order valence-electron chi connectivity index (χ3n) is 5.03. The van der Waals surface area contributed by atoms with Gasteiger partial charge in [0.05, 0.1) is 0 Å². The van der Waals surface area contributed by atoms with E-state index in [0.29, 0.717) is 17.8 Å². The Balaban J connectivity index is 1.65. The van der Waals surface area contributed by atoms with Crippen LogP contribution in [0.4, 0.5) is 5.95 Å². The maximum absolute atomic E-state index is 5.75. The lowest BCUT2D eigenvalue weighted by Crippen LogP contribution is -2.22. The maximum Gasteiger partial charge on any atom is 0.239 e. The fourth-order valence-electron chi connectivity index (χ4n) is 3.94. The zero-order valence-electron chi connectivity index (χ0n) is 12.5. The second-order valence-corrected chi connectivity index (χ2v) is 6.58. The van der Waals surface area contributed by atoms with Gasteiger partial charge in [-0.05, 0) is 48.8 Å². The van der Waals surface area contributed by atoms with Crippen LogP contribution in [0.1, 0.15) is 60.5 Å². The van der Waals surface area contributed by atoms with Crippen molar-refractivity contribution < 1.29 is 0 Å². The van der Waals surface area contributed by atoms with E-state index in [0.717, 1.165) is 18.8 Å². The summed E-state index contributed by atoms with van der Waals surface area (Å²) in [7, 11) is 0. The first-order valence-corrected chi connectivity index (χ1v) is 8.02. The highest BCUT2D eigenvalue weighted by Crippen LogP contribution is 2.36. The second kappa shape index (κ2) is 4.86. The molecule has 2 unspecified atom stereocenters. The quantitative estimate of drug-likeness (QED) is 0.874. The summed E-state index contributed by atoms with van der Waals surface area (Å²) in [5.74, 6) is 2.40. The number of anilines is 1. The summed E-state index contributed by atoms with van der Waals surface area (Å²) in [6, 6.07) is 7.11. The van der Waals surface area contributed by atoms with Crippen LogP contribution in [-0.2, 0) is 19.4 Å². The molecule has 1 aliphatic heterocycles. The lowest BCUT2D eigenvalue weighted by atomic mass is 9.83. The summed E-state index contributed by atoms with van der Waals surface area (Å²) < 4.78 is 2.01. The molecule has 0 radical (unpaired) electrons. The van der Waals surface area contributed by atoms with Crippen molar-refractivity contribution in [2.45, 2.75) is 57.4 Å². The molecule has 0 saturated carbocycles. The van der Waals surface area contributed by atoms with Crippen molar-refractivity contribution in [1.29, 1.82) is 0 Å². The molecule has 2 aromatic rings. The lowest BCUT2D eigenvalue weighted by Gasteiger charge is -2.28. The summed E-state index contributed by atoms with van der Waals surface area (Å²) in [4.78, 5) is 4.36. The van der Waals surface area contributed by atoms with Gasteiger partial charge in [0.15, 0.2) is 0 Å². The third kappa shape index (κ3) is 2.23. The van der Waals surface area contributed by atoms with Gasteiger partial charge in [-0.3, -0.25) is 0 Å². The van der Waals surface area contributed by atoms with Crippen molar-refractivity contribution in [2.75, 3.05) is 5.73 Å². The largest absolute Gasteiger partial charge is 0.366 e. The van der Waals surface area contributed by atoms with Crippen LogP contribution in [0.15, 0.2) is 18.2 Å². The Kier molecular flexibility index (Phi) is 2.98. The smallest absolute Gasteiger partial charge is 0.239 e. The predicted octanol–water partition coefficient (Wildman–Crippen LogP) is 3.03. The number of hydrogen-bond acceptors (Lipinski definition) is 3. The Morgan fingerprint density at radius 3 is 2.86 bits per heavy atom. The van der Waals surface area contributed by atoms with Gasteiger partial charge < -0.3 is 5.73 Å². The van der Waals surface area contributed by atoms with Crippen LogP contribution in [0.3, 0.4) is 0 Å². The van der Waals surface area contributed by atoms with Gasteiger partial charge in [-0.15, -0.1) is 5.10 Å². The molecule has 2 N–H and O–H groups in total. The van der Waals surface area contributed by atoms with Crippen molar-refractivity contribution in [3.63, 3.8) is 0 Å². The molecule has 0 spiro atoms. The molecule has 4 heteroatoms. The van der Waals surface area contributed by atoms with Crippen molar-refractivity contribution in [1.82, 2.24) is 14.8 Å². The van der Waals surface area contributed by atoms with Crippen molar-refractivity contribution >= 4 is 5.95 Å². The molecule has 0 amide bonds. The first kappa shape index (κ1) is 12.9. The monoisotopic (exact) mass is 282 g/mol. The number of benzene rings is 1. The summed E-state index contributed by atoms with van der Waals surface area (Å²) in [5.41, 5.74) is 10.3. The van der Waals surface area contributed by atoms with E-state index in [1.807, 2.05) is 4.68 Å². The average Bonchev–Trinajstić information content (AvgIpc) is 2.88. The van der Waals surface area contributed by atoms with Crippen LogP contribution in [0.2, 0.25) is 0 Å². The molecule has 2 aliphatic rings. The Bertz CT molecular complexity index is 673. The van der Waals surface area contributed by atoms with E-state index < -0.39 is 0 Å². The molecule has 1 aliphatic carbocycles. The van der Waals surface area contributed by atoms with E-state index in [2.05, 4.69) is 35.2 Å². The molecule has 110 valence electrons. The van der Waals surface area contributed by atoms with Gasteiger partial charge in [-0.25, -0.2) is 4.68 Å². The first-order valence-electron chi connectivity index (χ1n) is 8.02. The topological polar surface area (TPSA) is 56.7 Å². The molecule has 4 nitrogen and oxygen atoms in total. The Morgan fingerprint density at radius 2 is 2.00 bits per heavy atom. The fourth-order valence-corrected chi connectivity index (χ4v) is 3.94. The van der Waals surface area contributed by atoms with Gasteiger partial charge in [0, 0.05) is 18.4 Å². The highest BCUT2D eigenvalue weighted by atomic mass is 15.4. The van der Waals surface area contributed by atoms with Crippen LogP contribution in [-0.4, -0.2) is 14.8 Å². The normalized spacial score (nSPS) is 24.4. The molecule has 4 rings (SSSR count). The van der Waals surface area contributed by atoms with Crippen LogP contribution in [0.25, 0.3) is 0 Å². The summed E-state index contributed by atoms with van der Waals surface area (Å²) in [6.07, 6.45) is 6.31. The number of aryl methyl sites for hydroxylation is 2. The van der Waals surface area contributed by atoms with E-state index in [-0.39, 0.29) is 0 Å². The molecular formula is C17H22N4. The highest BCUT2D eigenvalue weighted by Gasteiger charge is 2.28. The van der Waals surface area contributed by atoms with Crippen molar-refractivity contribution in [3.8, 4) is 0 Å². The van der Waals surface area contributed by atoms with E-state index in [4.69, 9.17) is 5.73 Å². The number of hydrogen-bond donors (Lipinski definition) is 1. The fraction of sp³-hybridized carbons (Fsp3) is 0.529. The maximum atomic E-state index is 5.75. The van der Waals surface area contributed by atoms with Gasteiger partial charge in [-0.2, -0.15) is 4.98 Å². The van der Waals surface area contributed by atoms with E-state index in [1.165, 1.54) is 31.2 Å². The molecule has 0 saturated heterocycles. The number of nitrogens with two attached hydrogens (primary N) is 1. The summed E-state index contributed by atoms with van der Waals surface area (Å²) >= 11 is 0. The van der Waals surface area contributed by atoms with Crippen molar-refractivity contribution in [3.05, 3.63) is 40.7 Å². The molecule has 2 heterocycles. The number of nitrogen functional groups attached to an aromatic ring is 1. The SMILES string of the molecule is CC1CC(c2ccc3c(c2)CCCC3)Cn2nc(N)nc21. The molecule has 21 heavy (non-hydrogen) atoms. The Morgan fingerprint density at radius 1 is 1.19 bits per heavy atom. The molecule has 1 aromatic heterocycles. The minimum Gasteiger partial charge on any atom is -0.366 e. The molecule has 1 aromatic carbocycles. The number of aromatic nitrogens is 3. The van der Waals surface area contributed by atoms with E-state index in [1.54, 1.807) is 11.1 Å². The lowest BCUT2D eigenvalue weighted by molar-refractivity contribution is 0.382. The summed E-state index contributed by atoms with van der Waals surface area (Å²) in [5, 5.41) is 4.35. The summed E-state index contributed by atoms with van der Waals surface area (Å²) in [6.45, 7) is 3.13. The van der Waals surface area contributed by atoms with Crippen LogP contribution < -0.4 is 5.73 Å². The van der Waals surface area contributed by atoms with E-state index in [9.17, 15) is 0 Å². The van der Waals surface area contributed by atoms with Crippen LogP contribution in [0.5, 0.6) is 0 Å². The predicted molar refractivity (Wildman–Crippen MR) is 83.3 cm³/mol. The highest BCUT2D eigenvalue weighted by molar-refractivity contribution is 5.36. The number of rotatable bonds is 1. The minimum absolute atomic E-state index is 0.406. The van der Waals surface area contributed by atoms with E-state index >= 15 is 0 Å². The third-order valence-corrected chi connectivity index (χ3v) is 5.03. The zero-order valence-corrected chi connectivity index (χ0v) is 12.5. The van der Waals surface area contributed by atoms with Crippen LogP contribution in [0, 0.1) is 0 Å². The molecule has 0 bridgehead atoms. The Hall–Kier alpha value is -1.84. The second-order valence-electron chi connectivity index (χ2n) is 6.58. The zero-order chi connectivity index (χ0) is 14.4. The van der Waals surface area contributed by atoms with Gasteiger partial charge in [-0.1, -0.05) is 25.1 Å². The molecule has 2 atom stereocenters. The first-order chi connectivity index (χ1) is 10.2. The number of fused-ring (bicyclic) bond motifs is 2. The minimum atomic E-state index is 0.406. The van der Waals surface area contributed by atoms with Gasteiger partial charge >= 0.3 is 0 Å². The molecule has 0 fully saturated rings. The van der Waals surface area contributed by atoms with Gasteiger partial charge in [0.2, 0.25) is 5.95 Å². The molecular weight excluding hydrogens is 260 g/mol. The van der Waals surface area contributed by atoms with Crippen LogP contribution >= 0.6 is 0 Å². The number of nitrogens with zero attached hydrogens (tertiary/aromatic N) is 3. The standard InChI is InChI=1S/C17H22N4/c1-11-8-15(10-21-16(11)19-17(18)20-21)14-7-6-12-4-2-3-5-13(12)9-14/h6-7,9,11,15H,2-5,8,10H2,1H3,(H2,18,20). The van der Waals surface area contributed by atoms with Gasteiger partial charge in [0.1, 0.15) is 5.82 Å².